The molecule has 0 saturated carbocycles. The normalized spacial score (nSPS) is 15.3. The fourth-order valence-electron chi connectivity index (χ4n) is 0.721. The van der Waals surface area contributed by atoms with Gasteiger partial charge in [-0.15, -0.1) is 0 Å². The van der Waals surface area contributed by atoms with Crippen molar-refractivity contribution in [2.75, 3.05) is 0 Å². The van der Waals surface area contributed by atoms with Crippen molar-refractivity contribution in [2.24, 2.45) is 15.4 Å². The van der Waals surface area contributed by atoms with Gasteiger partial charge in [-0.2, -0.15) is 0 Å². The second kappa shape index (κ2) is 4.72. The summed E-state index contributed by atoms with van der Waals surface area (Å²) in [6.45, 7) is 6.28. The number of nitrogens with zero attached hydrogens (tertiary/aromatic N) is 4. The summed E-state index contributed by atoms with van der Waals surface area (Å²) in [5.41, 5.74) is -1.98. The molecule has 0 saturated heterocycles. The summed E-state index contributed by atoms with van der Waals surface area (Å²) in [5.74, 6) is 0. The monoisotopic (exact) mass is 216 g/mol. The molecule has 86 valence electrons. The molecule has 0 unspecified atom stereocenters. The van der Waals surface area contributed by atoms with Crippen LogP contribution in [0.4, 0.5) is 0 Å². The van der Waals surface area contributed by atoms with Gasteiger partial charge in [-0.05, 0) is 19.0 Å². The van der Waals surface area contributed by atoms with Gasteiger partial charge in [-0.1, -0.05) is 15.2 Å². The van der Waals surface area contributed by atoms with Crippen LogP contribution in [0, 0.1) is 5.21 Å². The molecule has 7 nitrogen and oxygen atoms in total. The lowest BCUT2D eigenvalue weighted by atomic mass is 10.1. The number of rotatable bonds is 4. The Balaban J connectivity index is 4.99. The number of hydrogen-bond donors (Lipinski definition) is 2. The second-order valence-electron chi connectivity index (χ2n) is 4.17. The Morgan fingerprint density at radius 2 is 1.53 bits per heavy atom. The molecule has 0 spiro atoms. The highest BCUT2D eigenvalue weighted by atomic mass is 16.5. The third-order valence-corrected chi connectivity index (χ3v) is 1.59. The van der Waals surface area contributed by atoms with Crippen molar-refractivity contribution < 1.29 is 15.3 Å². The molecule has 0 amide bonds. The van der Waals surface area contributed by atoms with Crippen molar-refractivity contribution in [3.8, 4) is 0 Å². The average Bonchev–Trinajstić information content (AvgIpc) is 2.02. The fraction of sp³-hybridized carbons (Fsp3) is 0.750. The van der Waals surface area contributed by atoms with Crippen LogP contribution in [-0.4, -0.2) is 38.8 Å². The van der Waals surface area contributed by atoms with E-state index in [1.165, 1.54) is 13.8 Å². The van der Waals surface area contributed by atoms with Crippen LogP contribution < -0.4 is 0 Å². The Labute approximate surface area is 88.0 Å². The van der Waals surface area contributed by atoms with Crippen molar-refractivity contribution in [2.45, 2.75) is 38.8 Å². The Bertz CT molecular complexity index is 294. The number of hydrogen-bond acceptors (Lipinski definition) is 6. The molecule has 15 heavy (non-hydrogen) atoms. The summed E-state index contributed by atoms with van der Waals surface area (Å²) < 4.78 is 0. The van der Waals surface area contributed by atoms with E-state index in [0.717, 1.165) is 12.4 Å². The average molecular weight is 216 g/mol. The van der Waals surface area contributed by atoms with Gasteiger partial charge in [0.15, 0.2) is 5.54 Å². The summed E-state index contributed by atoms with van der Waals surface area (Å²) in [6.07, 6.45) is 2.19. The highest BCUT2D eigenvalue weighted by Gasteiger charge is 2.29. The molecule has 0 rings (SSSR count). The lowest BCUT2D eigenvalue weighted by Gasteiger charge is -2.19. The molecule has 0 aliphatic rings. The first-order chi connectivity index (χ1) is 6.75. The fourth-order valence-corrected chi connectivity index (χ4v) is 0.721. The maximum atomic E-state index is 11.5. The van der Waals surface area contributed by atoms with E-state index in [1.807, 2.05) is 0 Å². The standard InChI is InChI=1S/C8H16N4O3/c1-7(2,5-9-13)11-12(15)8(3,4)6-10-14/h5-6,13-14H,1-4H3. The van der Waals surface area contributed by atoms with Gasteiger partial charge in [0.2, 0.25) is 5.54 Å². The lowest BCUT2D eigenvalue weighted by molar-refractivity contribution is -0.586. The van der Waals surface area contributed by atoms with E-state index in [9.17, 15) is 5.21 Å². The Morgan fingerprint density at radius 3 is 1.93 bits per heavy atom. The van der Waals surface area contributed by atoms with Gasteiger partial charge in [0.25, 0.3) is 0 Å². The highest BCUT2D eigenvalue weighted by molar-refractivity contribution is 5.68. The zero-order chi connectivity index (χ0) is 12.1. The van der Waals surface area contributed by atoms with E-state index in [1.54, 1.807) is 13.8 Å². The van der Waals surface area contributed by atoms with Crippen LogP contribution in [0.3, 0.4) is 0 Å². The minimum absolute atomic E-state index is 0.397. The van der Waals surface area contributed by atoms with Crippen LogP contribution >= 0.6 is 0 Å². The molecular weight excluding hydrogens is 200 g/mol. The van der Waals surface area contributed by atoms with Crippen LogP contribution in [0.25, 0.3) is 0 Å². The van der Waals surface area contributed by atoms with E-state index >= 15 is 0 Å². The molecule has 0 aromatic rings. The van der Waals surface area contributed by atoms with Crippen molar-refractivity contribution in [3.63, 3.8) is 0 Å². The predicted octanol–water partition coefficient (Wildman–Crippen LogP) is 1.43. The number of hydroxylamine groups is 1. The van der Waals surface area contributed by atoms with Crippen molar-refractivity contribution in [1.82, 2.24) is 0 Å². The maximum absolute atomic E-state index is 11.5. The molecule has 0 bridgehead atoms. The third-order valence-electron chi connectivity index (χ3n) is 1.59. The maximum Gasteiger partial charge on any atom is 0.231 e. The minimum atomic E-state index is -1.06. The Morgan fingerprint density at radius 1 is 1.07 bits per heavy atom. The zero-order valence-corrected chi connectivity index (χ0v) is 9.25. The SMILES string of the molecule is CC(C)(C=NO)N=[N+]([O-])C(C)(C)C=NO. The van der Waals surface area contributed by atoms with Gasteiger partial charge in [-0.25, -0.2) is 0 Å². The first-order valence-electron chi connectivity index (χ1n) is 4.32. The molecule has 0 aliphatic heterocycles. The minimum Gasteiger partial charge on any atom is -0.599 e. The highest BCUT2D eigenvalue weighted by Crippen LogP contribution is 2.12. The molecule has 0 heterocycles. The topological polar surface area (TPSA) is 104 Å². The van der Waals surface area contributed by atoms with E-state index in [2.05, 4.69) is 15.4 Å². The molecule has 0 aromatic carbocycles. The third kappa shape index (κ3) is 4.39. The number of azo groups is 1. The number of oxime groups is 2. The molecule has 0 fully saturated rings. The smallest absolute Gasteiger partial charge is 0.231 e. The van der Waals surface area contributed by atoms with Gasteiger partial charge < -0.3 is 15.6 Å². The van der Waals surface area contributed by atoms with Gasteiger partial charge in [0.1, 0.15) is 6.21 Å². The van der Waals surface area contributed by atoms with Crippen molar-refractivity contribution >= 4 is 12.4 Å². The Kier molecular flexibility index (Phi) is 4.20. The van der Waals surface area contributed by atoms with Crippen molar-refractivity contribution in [1.29, 1.82) is 0 Å². The molecule has 0 aromatic heterocycles. The first kappa shape index (κ1) is 13.3. The van der Waals surface area contributed by atoms with Gasteiger partial charge in [-0.3, -0.25) is 0 Å². The van der Waals surface area contributed by atoms with E-state index in [0.29, 0.717) is 4.86 Å². The molecular formula is C8H16N4O3. The first-order valence-corrected chi connectivity index (χ1v) is 4.32. The summed E-state index contributed by atoms with van der Waals surface area (Å²) in [4.78, 5) is 0.397. The van der Waals surface area contributed by atoms with Gasteiger partial charge >= 0.3 is 0 Å². The molecule has 2 N–H and O–H groups in total. The van der Waals surface area contributed by atoms with Gasteiger partial charge in [0, 0.05) is 13.8 Å². The molecule has 0 atom stereocenters. The summed E-state index contributed by atoms with van der Waals surface area (Å²) in [7, 11) is 0. The van der Waals surface area contributed by atoms with E-state index < -0.39 is 11.1 Å². The Hall–Kier alpha value is -1.66. The quantitative estimate of drug-likeness (QED) is 0.244. The van der Waals surface area contributed by atoms with E-state index in [-0.39, 0.29) is 0 Å². The van der Waals surface area contributed by atoms with Crippen LogP contribution in [0.1, 0.15) is 27.7 Å². The lowest BCUT2D eigenvalue weighted by Crippen LogP contribution is -2.36. The molecule has 0 aliphatic carbocycles. The van der Waals surface area contributed by atoms with Crippen LogP contribution in [0.2, 0.25) is 0 Å². The predicted molar refractivity (Wildman–Crippen MR) is 54.8 cm³/mol. The summed E-state index contributed by atoms with van der Waals surface area (Å²) in [5, 5.41) is 37.6. The van der Waals surface area contributed by atoms with Crippen LogP contribution in [0.15, 0.2) is 15.4 Å². The van der Waals surface area contributed by atoms with E-state index in [4.69, 9.17) is 10.4 Å². The van der Waals surface area contributed by atoms with Crippen LogP contribution in [-0.2, 0) is 0 Å². The molecule has 7 heteroatoms. The van der Waals surface area contributed by atoms with Crippen LogP contribution in [0.5, 0.6) is 0 Å². The molecule has 0 radical (unpaired) electrons. The summed E-state index contributed by atoms with van der Waals surface area (Å²) in [6, 6.07) is 0. The van der Waals surface area contributed by atoms with Crippen molar-refractivity contribution in [3.05, 3.63) is 5.21 Å². The van der Waals surface area contributed by atoms with Gasteiger partial charge in [0.05, 0.1) is 6.21 Å². The largest absolute Gasteiger partial charge is 0.599 e. The zero-order valence-electron chi connectivity index (χ0n) is 9.25. The summed E-state index contributed by atoms with van der Waals surface area (Å²) >= 11 is 0. The second-order valence-corrected chi connectivity index (χ2v) is 4.17.